The van der Waals surface area contributed by atoms with Crippen molar-refractivity contribution in [2.24, 2.45) is 0 Å². The van der Waals surface area contributed by atoms with Crippen LogP contribution in [0.15, 0.2) is 67.3 Å². The van der Waals surface area contributed by atoms with Gasteiger partial charge >= 0.3 is 6.18 Å². The molecule has 0 radical (unpaired) electrons. The maximum atomic E-state index is 13.0. The number of nitrogens with zero attached hydrogens (tertiary/aromatic N) is 5. The Hall–Kier alpha value is -4.15. The van der Waals surface area contributed by atoms with Crippen LogP contribution in [0, 0.1) is 0 Å². The molecule has 0 spiro atoms. The van der Waals surface area contributed by atoms with Crippen LogP contribution in [0.1, 0.15) is 16.1 Å². The number of ether oxygens (including phenoxy) is 1. The molecule has 0 aliphatic heterocycles. The molecule has 0 aliphatic carbocycles. The second-order valence-corrected chi connectivity index (χ2v) is 6.35. The Morgan fingerprint density at radius 1 is 1.13 bits per heavy atom. The minimum Gasteiger partial charge on any atom is -0.493 e. The van der Waals surface area contributed by atoms with Gasteiger partial charge in [-0.25, -0.2) is 14.3 Å². The number of hydrogen-bond acceptors (Lipinski definition) is 5. The van der Waals surface area contributed by atoms with Crippen LogP contribution in [-0.2, 0) is 6.18 Å². The van der Waals surface area contributed by atoms with E-state index in [4.69, 9.17) is 4.74 Å². The number of aromatic nitrogens is 5. The minimum atomic E-state index is -4.50. The Balaban J connectivity index is 1.57. The number of hydrogen-bond donors (Lipinski definition) is 1. The number of carbonyl (C=O) groups excluding carboxylic acids is 1. The van der Waals surface area contributed by atoms with Crippen molar-refractivity contribution in [1.82, 2.24) is 24.5 Å². The third kappa shape index (κ3) is 4.25. The van der Waals surface area contributed by atoms with Crippen molar-refractivity contribution < 1.29 is 22.7 Å². The van der Waals surface area contributed by atoms with Gasteiger partial charge in [0.25, 0.3) is 5.91 Å². The van der Waals surface area contributed by atoms with Crippen LogP contribution in [-0.4, -0.2) is 37.6 Å². The minimum absolute atomic E-state index is 0.0870. The highest BCUT2D eigenvalue weighted by molar-refractivity contribution is 6.04. The predicted molar refractivity (Wildman–Crippen MR) is 104 cm³/mol. The highest BCUT2D eigenvalue weighted by Crippen LogP contribution is 2.31. The van der Waals surface area contributed by atoms with E-state index < -0.39 is 17.6 Å². The summed E-state index contributed by atoms with van der Waals surface area (Å²) in [4.78, 5) is 16.9. The maximum absolute atomic E-state index is 13.0. The van der Waals surface area contributed by atoms with Crippen molar-refractivity contribution in [3.8, 4) is 17.3 Å². The zero-order valence-electron chi connectivity index (χ0n) is 16.0. The average Bonchev–Trinajstić information content (AvgIpc) is 3.44. The van der Waals surface area contributed by atoms with Crippen LogP contribution in [0.2, 0.25) is 0 Å². The van der Waals surface area contributed by atoms with Crippen LogP contribution in [0.5, 0.6) is 5.75 Å². The summed E-state index contributed by atoms with van der Waals surface area (Å²) in [6.45, 7) is 0. The van der Waals surface area contributed by atoms with Crippen molar-refractivity contribution in [2.45, 2.75) is 6.18 Å². The van der Waals surface area contributed by atoms with Crippen molar-refractivity contribution in [1.29, 1.82) is 0 Å². The second kappa shape index (κ2) is 7.94. The van der Waals surface area contributed by atoms with Gasteiger partial charge in [-0.2, -0.15) is 23.4 Å². The van der Waals surface area contributed by atoms with E-state index in [1.54, 1.807) is 35.3 Å². The van der Waals surface area contributed by atoms with E-state index in [2.05, 4.69) is 20.5 Å². The van der Waals surface area contributed by atoms with Gasteiger partial charge in [-0.3, -0.25) is 4.79 Å². The lowest BCUT2D eigenvalue weighted by molar-refractivity contribution is -0.137. The molecule has 0 saturated heterocycles. The van der Waals surface area contributed by atoms with Crippen LogP contribution >= 0.6 is 0 Å². The van der Waals surface area contributed by atoms with Gasteiger partial charge in [0.15, 0.2) is 17.3 Å². The SMILES string of the molecule is COc1cn(-c2cccc(C(F)(F)F)c2)nc1C(=O)Nc1ccc(-n2cccn2)nc1. The molecular formula is C20H15F3N6O2. The lowest BCUT2D eigenvalue weighted by Crippen LogP contribution is -2.14. The molecule has 4 rings (SSSR count). The van der Waals surface area contributed by atoms with E-state index in [-0.39, 0.29) is 17.1 Å². The highest BCUT2D eigenvalue weighted by Gasteiger charge is 2.30. The van der Waals surface area contributed by atoms with Gasteiger partial charge in [0.2, 0.25) is 0 Å². The third-order valence-electron chi connectivity index (χ3n) is 4.30. The van der Waals surface area contributed by atoms with E-state index >= 15 is 0 Å². The molecule has 1 N–H and O–H groups in total. The summed E-state index contributed by atoms with van der Waals surface area (Å²) in [5.74, 6) is 0.0710. The third-order valence-corrected chi connectivity index (χ3v) is 4.30. The Labute approximate surface area is 173 Å². The van der Waals surface area contributed by atoms with Gasteiger partial charge in [0.1, 0.15) is 0 Å². The molecule has 158 valence electrons. The molecule has 4 aromatic rings. The first-order valence-corrected chi connectivity index (χ1v) is 8.94. The van der Waals surface area contributed by atoms with E-state index in [0.717, 1.165) is 16.8 Å². The first-order chi connectivity index (χ1) is 14.8. The van der Waals surface area contributed by atoms with Crippen LogP contribution in [0.25, 0.3) is 11.5 Å². The number of rotatable bonds is 5. The number of methoxy groups -OCH3 is 1. The second-order valence-electron chi connectivity index (χ2n) is 6.35. The van der Waals surface area contributed by atoms with Crippen LogP contribution < -0.4 is 10.1 Å². The summed E-state index contributed by atoms with van der Waals surface area (Å²) < 4.78 is 46.9. The van der Waals surface area contributed by atoms with E-state index in [1.807, 2.05) is 0 Å². The van der Waals surface area contributed by atoms with Crippen molar-refractivity contribution in [3.05, 3.63) is 78.5 Å². The highest BCUT2D eigenvalue weighted by atomic mass is 19.4. The van der Waals surface area contributed by atoms with E-state index in [0.29, 0.717) is 11.5 Å². The number of benzene rings is 1. The van der Waals surface area contributed by atoms with Gasteiger partial charge < -0.3 is 10.1 Å². The molecule has 1 aromatic carbocycles. The fourth-order valence-corrected chi connectivity index (χ4v) is 2.81. The Morgan fingerprint density at radius 3 is 2.61 bits per heavy atom. The maximum Gasteiger partial charge on any atom is 0.416 e. The molecular weight excluding hydrogens is 413 g/mol. The van der Waals surface area contributed by atoms with Gasteiger partial charge in [0.05, 0.1) is 36.4 Å². The van der Waals surface area contributed by atoms with Crippen LogP contribution in [0.3, 0.4) is 0 Å². The summed E-state index contributed by atoms with van der Waals surface area (Å²) in [5, 5.41) is 10.8. The molecule has 31 heavy (non-hydrogen) atoms. The lowest BCUT2D eigenvalue weighted by atomic mass is 10.2. The molecule has 1 amide bonds. The summed E-state index contributed by atoms with van der Waals surface area (Å²) in [7, 11) is 1.34. The van der Waals surface area contributed by atoms with Gasteiger partial charge in [-0.15, -0.1) is 0 Å². The monoisotopic (exact) mass is 428 g/mol. The van der Waals surface area contributed by atoms with Crippen molar-refractivity contribution >= 4 is 11.6 Å². The Bertz CT molecular complexity index is 1200. The zero-order chi connectivity index (χ0) is 22.0. The number of halogens is 3. The zero-order valence-corrected chi connectivity index (χ0v) is 16.0. The summed E-state index contributed by atoms with van der Waals surface area (Å²) in [6.07, 6.45) is 1.63. The first kappa shape index (κ1) is 20.1. The van der Waals surface area contributed by atoms with E-state index in [9.17, 15) is 18.0 Å². The number of carbonyl (C=O) groups is 1. The lowest BCUT2D eigenvalue weighted by Gasteiger charge is -2.08. The topological polar surface area (TPSA) is 86.9 Å². The summed E-state index contributed by atoms with van der Waals surface area (Å²) >= 11 is 0. The summed E-state index contributed by atoms with van der Waals surface area (Å²) in [6, 6.07) is 9.66. The van der Waals surface area contributed by atoms with Crippen molar-refractivity contribution in [2.75, 3.05) is 12.4 Å². The van der Waals surface area contributed by atoms with Crippen molar-refractivity contribution in [3.63, 3.8) is 0 Å². The molecule has 0 fully saturated rings. The molecule has 3 heterocycles. The largest absolute Gasteiger partial charge is 0.493 e. The molecule has 0 aliphatic rings. The first-order valence-electron chi connectivity index (χ1n) is 8.94. The molecule has 3 aromatic heterocycles. The molecule has 11 heteroatoms. The fraction of sp³-hybridized carbons (Fsp3) is 0.100. The van der Waals surface area contributed by atoms with Gasteiger partial charge in [-0.05, 0) is 36.4 Å². The number of anilines is 1. The average molecular weight is 428 g/mol. The molecule has 0 atom stereocenters. The number of nitrogens with one attached hydrogen (secondary N) is 1. The molecule has 8 nitrogen and oxygen atoms in total. The Kier molecular flexibility index (Phi) is 5.15. The smallest absolute Gasteiger partial charge is 0.416 e. The number of amides is 1. The molecule has 0 unspecified atom stereocenters. The summed E-state index contributed by atoms with van der Waals surface area (Å²) in [5.41, 5.74) is -0.376. The fourth-order valence-electron chi connectivity index (χ4n) is 2.81. The van der Waals surface area contributed by atoms with Crippen LogP contribution in [0.4, 0.5) is 18.9 Å². The normalized spacial score (nSPS) is 11.4. The number of pyridine rings is 1. The predicted octanol–water partition coefficient (Wildman–Crippen LogP) is 3.73. The Morgan fingerprint density at radius 2 is 1.97 bits per heavy atom. The number of alkyl halides is 3. The standard InChI is InChI=1S/C20H15F3N6O2/c1-31-16-12-29(15-5-2-4-13(10-15)20(21,22)23)27-18(16)19(30)26-14-6-7-17(24-11-14)28-9-3-8-25-28/h2-12H,1H3,(H,26,30). The molecule has 0 bridgehead atoms. The van der Waals surface area contributed by atoms with Gasteiger partial charge in [-0.1, -0.05) is 6.07 Å². The van der Waals surface area contributed by atoms with Gasteiger partial charge in [0, 0.05) is 12.4 Å². The van der Waals surface area contributed by atoms with E-state index in [1.165, 1.54) is 31.6 Å². The quantitative estimate of drug-likeness (QED) is 0.524. The molecule has 0 saturated carbocycles.